The zero-order valence-corrected chi connectivity index (χ0v) is 15.6. The third-order valence-electron chi connectivity index (χ3n) is 5.05. The average Bonchev–Trinajstić information content (AvgIpc) is 3.34. The van der Waals surface area contributed by atoms with E-state index < -0.39 is 0 Å². The van der Waals surface area contributed by atoms with Crippen molar-refractivity contribution in [1.29, 1.82) is 0 Å². The molecule has 1 aliphatic rings. The lowest BCUT2D eigenvalue weighted by Crippen LogP contribution is -2.30. The van der Waals surface area contributed by atoms with Gasteiger partial charge in [0.1, 0.15) is 5.82 Å². The van der Waals surface area contributed by atoms with Crippen LogP contribution >= 0.6 is 0 Å². The maximum absolute atomic E-state index is 12.7. The fraction of sp³-hybridized carbons (Fsp3) is 0.421. The van der Waals surface area contributed by atoms with Crippen molar-refractivity contribution < 1.29 is 9.90 Å². The summed E-state index contributed by atoms with van der Waals surface area (Å²) >= 11 is 0. The molecule has 2 N–H and O–H groups in total. The monoisotopic (exact) mass is 368 g/mol. The van der Waals surface area contributed by atoms with Gasteiger partial charge in [-0.3, -0.25) is 4.68 Å². The smallest absolute Gasteiger partial charge is 0.322 e. The van der Waals surface area contributed by atoms with Gasteiger partial charge in [-0.1, -0.05) is 6.92 Å². The van der Waals surface area contributed by atoms with Crippen molar-refractivity contribution in [3.63, 3.8) is 0 Å². The summed E-state index contributed by atoms with van der Waals surface area (Å²) in [5.41, 5.74) is 4.75. The van der Waals surface area contributed by atoms with Crippen LogP contribution in [-0.2, 0) is 32.6 Å². The van der Waals surface area contributed by atoms with Crippen LogP contribution in [0.25, 0.3) is 11.0 Å². The van der Waals surface area contributed by atoms with E-state index in [1.807, 2.05) is 18.2 Å². The minimum atomic E-state index is -0.147. The van der Waals surface area contributed by atoms with Gasteiger partial charge in [0.15, 0.2) is 0 Å². The molecule has 0 fully saturated rings. The number of nitrogens with one attached hydrogen (secondary N) is 1. The first kappa shape index (κ1) is 17.5. The van der Waals surface area contributed by atoms with Crippen molar-refractivity contribution in [3.05, 3.63) is 41.5 Å². The Kier molecular flexibility index (Phi) is 4.57. The number of amides is 2. The van der Waals surface area contributed by atoms with Crippen molar-refractivity contribution >= 4 is 22.8 Å². The molecule has 0 spiro atoms. The van der Waals surface area contributed by atoms with E-state index in [9.17, 15) is 4.79 Å². The van der Waals surface area contributed by atoms with Crippen LogP contribution in [0, 0.1) is 0 Å². The van der Waals surface area contributed by atoms with Crippen molar-refractivity contribution in [2.45, 2.75) is 46.4 Å². The van der Waals surface area contributed by atoms with Crippen molar-refractivity contribution in [2.75, 3.05) is 11.9 Å². The molecule has 0 atom stereocenters. The fourth-order valence-electron chi connectivity index (χ4n) is 3.72. The zero-order chi connectivity index (χ0) is 19.0. The van der Waals surface area contributed by atoms with E-state index in [0.29, 0.717) is 19.6 Å². The zero-order valence-electron chi connectivity index (χ0n) is 15.6. The third kappa shape index (κ3) is 3.06. The molecule has 1 aliphatic heterocycles. The number of hydrogen-bond acceptors (Lipinski definition) is 4. The van der Waals surface area contributed by atoms with Crippen molar-refractivity contribution in [1.82, 2.24) is 24.2 Å². The Bertz CT molecular complexity index is 990. The number of imidazole rings is 1. The van der Waals surface area contributed by atoms with E-state index in [1.165, 1.54) is 0 Å². The van der Waals surface area contributed by atoms with Gasteiger partial charge in [0.25, 0.3) is 0 Å². The molecule has 0 bridgehead atoms. The highest BCUT2D eigenvalue weighted by Gasteiger charge is 2.27. The molecule has 2 aromatic heterocycles. The van der Waals surface area contributed by atoms with Gasteiger partial charge in [-0.15, -0.1) is 0 Å². The molecule has 8 heteroatoms. The second kappa shape index (κ2) is 7.03. The molecule has 0 saturated carbocycles. The van der Waals surface area contributed by atoms with Gasteiger partial charge in [0, 0.05) is 24.2 Å². The van der Waals surface area contributed by atoms with Crippen LogP contribution in [-0.4, -0.2) is 42.0 Å². The molecule has 0 radical (unpaired) electrons. The Labute approximate surface area is 157 Å². The highest BCUT2D eigenvalue weighted by atomic mass is 16.3. The molecule has 27 heavy (non-hydrogen) atoms. The number of anilines is 1. The molecule has 0 unspecified atom stereocenters. The van der Waals surface area contributed by atoms with Crippen molar-refractivity contribution in [2.24, 2.45) is 0 Å². The molecular formula is C19H24N6O2. The van der Waals surface area contributed by atoms with Crippen LogP contribution in [0.3, 0.4) is 0 Å². The average molecular weight is 368 g/mol. The molecule has 3 aromatic rings. The lowest BCUT2D eigenvalue weighted by molar-refractivity contribution is 0.210. The number of carbonyl (C=O) groups excluding carboxylic acids is 1. The molecule has 8 nitrogen and oxygen atoms in total. The number of aromatic nitrogens is 4. The predicted molar refractivity (Wildman–Crippen MR) is 102 cm³/mol. The summed E-state index contributed by atoms with van der Waals surface area (Å²) in [5, 5.41) is 16.4. The van der Waals surface area contributed by atoms with E-state index in [4.69, 9.17) is 5.11 Å². The van der Waals surface area contributed by atoms with Crippen molar-refractivity contribution in [3.8, 4) is 0 Å². The number of urea groups is 1. The van der Waals surface area contributed by atoms with Crippen LogP contribution in [0.2, 0.25) is 0 Å². The summed E-state index contributed by atoms with van der Waals surface area (Å²) in [5.74, 6) is 1.06. The van der Waals surface area contributed by atoms with E-state index in [-0.39, 0.29) is 12.6 Å². The van der Waals surface area contributed by atoms with Gasteiger partial charge in [0.2, 0.25) is 0 Å². The van der Waals surface area contributed by atoms with E-state index in [0.717, 1.165) is 46.8 Å². The summed E-state index contributed by atoms with van der Waals surface area (Å²) in [6, 6.07) is 5.71. The lowest BCUT2D eigenvalue weighted by Gasteiger charge is -2.17. The van der Waals surface area contributed by atoms with Crippen LogP contribution < -0.4 is 5.32 Å². The van der Waals surface area contributed by atoms with Gasteiger partial charge in [-0.25, -0.2) is 9.78 Å². The van der Waals surface area contributed by atoms with Gasteiger partial charge >= 0.3 is 6.03 Å². The summed E-state index contributed by atoms with van der Waals surface area (Å²) in [7, 11) is 0. The number of aryl methyl sites for hydroxylation is 2. The summed E-state index contributed by atoms with van der Waals surface area (Å²) in [6.07, 6.45) is 2.65. The first-order valence-electron chi connectivity index (χ1n) is 9.34. The summed E-state index contributed by atoms with van der Waals surface area (Å²) in [6.45, 7) is 6.58. The number of aliphatic hydroxyl groups is 1. The fourth-order valence-corrected chi connectivity index (χ4v) is 3.72. The number of benzene rings is 1. The molecule has 0 saturated heterocycles. The normalized spacial score (nSPS) is 13.4. The molecule has 1 aromatic carbocycles. The number of aliphatic hydroxyl groups excluding tert-OH is 1. The minimum Gasteiger partial charge on any atom is -0.394 e. The quantitative estimate of drug-likeness (QED) is 0.724. The van der Waals surface area contributed by atoms with E-state index >= 15 is 0 Å². The highest BCUT2D eigenvalue weighted by Crippen LogP contribution is 2.25. The van der Waals surface area contributed by atoms with E-state index in [2.05, 4.69) is 33.8 Å². The second-order valence-corrected chi connectivity index (χ2v) is 6.68. The molecule has 0 aliphatic carbocycles. The number of rotatable bonds is 5. The number of nitrogens with zero attached hydrogens (tertiary/aromatic N) is 5. The summed E-state index contributed by atoms with van der Waals surface area (Å²) < 4.78 is 3.96. The van der Waals surface area contributed by atoms with Crippen LogP contribution in [0.15, 0.2) is 24.4 Å². The van der Waals surface area contributed by atoms with Gasteiger partial charge < -0.3 is 19.9 Å². The molecule has 3 heterocycles. The Morgan fingerprint density at radius 3 is 2.89 bits per heavy atom. The molecular weight excluding hydrogens is 344 g/mol. The van der Waals surface area contributed by atoms with Gasteiger partial charge in [-0.2, -0.15) is 5.10 Å². The minimum absolute atomic E-state index is 0.0322. The molecule has 142 valence electrons. The van der Waals surface area contributed by atoms with Gasteiger partial charge in [0.05, 0.1) is 49.2 Å². The van der Waals surface area contributed by atoms with Crippen LogP contribution in [0.1, 0.15) is 30.9 Å². The Hall–Kier alpha value is -2.87. The first-order chi connectivity index (χ1) is 13.1. The SMILES string of the molecule is CCc1nc2cc(NC(=O)N3Cc4cnn(CCO)c4C3)ccc2n1CC. The second-order valence-electron chi connectivity index (χ2n) is 6.68. The summed E-state index contributed by atoms with van der Waals surface area (Å²) in [4.78, 5) is 19.1. The first-order valence-corrected chi connectivity index (χ1v) is 9.34. The van der Waals surface area contributed by atoms with E-state index in [1.54, 1.807) is 15.8 Å². The Morgan fingerprint density at radius 1 is 1.30 bits per heavy atom. The third-order valence-corrected chi connectivity index (χ3v) is 5.05. The van der Waals surface area contributed by atoms with Gasteiger partial charge in [-0.05, 0) is 25.1 Å². The number of carbonyl (C=O) groups is 1. The maximum Gasteiger partial charge on any atom is 0.322 e. The maximum atomic E-state index is 12.7. The van der Waals surface area contributed by atoms with Crippen LogP contribution in [0.4, 0.5) is 10.5 Å². The highest BCUT2D eigenvalue weighted by molar-refractivity contribution is 5.92. The van der Waals surface area contributed by atoms with Crippen LogP contribution in [0.5, 0.6) is 0 Å². The molecule has 4 rings (SSSR count). The topological polar surface area (TPSA) is 88.2 Å². The predicted octanol–water partition coefficient (Wildman–Crippen LogP) is 2.36. The lowest BCUT2D eigenvalue weighted by atomic mass is 10.2. The number of hydrogen-bond donors (Lipinski definition) is 2. The Morgan fingerprint density at radius 2 is 2.15 bits per heavy atom. The Balaban J connectivity index is 1.50. The molecule has 2 amide bonds. The number of fused-ring (bicyclic) bond motifs is 2. The largest absolute Gasteiger partial charge is 0.394 e. The standard InChI is InChI=1S/C19H24N6O2/c1-3-18-22-15-9-14(5-6-16(15)24(18)4-2)21-19(27)23-11-13-10-20-25(7-8-26)17(13)12-23/h5-6,9-10,26H,3-4,7-8,11-12H2,1-2H3,(H,21,27).